The summed E-state index contributed by atoms with van der Waals surface area (Å²) in [5.74, 6) is 0. The summed E-state index contributed by atoms with van der Waals surface area (Å²) in [5.41, 5.74) is 0. The van der Waals surface area contributed by atoms with Gasteiger partial charge in [0.1, 0.15) is 0 Å². The average Bonchev–Trinajstić information content (AvgIpc) is 1.80. The molecule has 0 aliphatic rings. The van der Waals surface area contributed by atoms with Crippen LogP contribution in [-0.2, 0) is 0 Å². The summed E-state index contributed by atoms with van der Waals surface area (Å²) in [6.45, 7) is 0. The number of rotatable bonds is 0. The first-order valence-electron chi connectivity index (χ1n) is 2.30. The molecule has 0 N–H and O–H groups in total. The lowest BCUT2D eigenvalue weighted by Crippen LogP contribution is -1.71. The fourth-order valence-electron chi connectivity index (χ4n) is 0.470. The monoisotopic (exact) mass is 360 g/mol. The summed E-state index contributed by atoms with van der Waals surface area (Å²) in [6, 6.07) is 6.10. The topological polar surface area (TPSA) is 0 Å². The number of benzene rings is 1. The molecule has 0 aromatic heterocycles. The third kappa shape index (κ3) is 2.20. The first-order valence-corrected chi connectivity index (χ1v) is 4.97. The Morgan fingerprint density at radius 1 is 1.22 bits per heavy atom. The molecule has 0 amide bonds. The van der Waals surface area contributed by atoms with E-state index in [9.17, 15) is 0 Å². The minimum Gasteiger partial charge on any atom is -0.0508 e. The minimum atomic E-state index is 1.11. The molecule has 0 nitrogen and oxygen atoms in total. The van der Waals surface area contributed by atoms with E-state index in [0.29, 0.717) is 0 Å². The van der Waals surface area contributed by atoms with Crippen molar-refractivity contribution in [3.8, 4) is 0 Å². The van der Waals surface area contributed by atoms with Gasteiger partial charge in [0, 0.05) is 12.5 Å². The highest BCUT2D eigenvalue weighted by Gasteiger charge is 1.93. The molecule has 1 aromatic rings. The van der Waals surface area contributed by atoms with Crippen molar-refractivity contribution in [1.82, 2.24) is 0 Å². The van der Waals surface area contributed by atoms with Gasteiger partial charge in [-0.15, -0.1) is 0 Å². The molecule has 9 heavy (non-hydrogen) atoms. The first-order chi connectivity index (χ1) is 4.20. The van der Waals surface area contributed by atoms with Crippen molar-refractivity contribution in [3.63, 3.8) is 0 Å². The lowest BCUT2D eigenvalue weighted by Gasteiger charge is -1.93. The maximum atomic E-state index is 3.41. The van der Waals surface area contributed by atoms with Crippen LogP contribution in [0.25, 0.3) is 0 Å². The molecule has 0 radical (unpaired) electrons. The zero-order chi connectivity index (χ0) is 6.85. The Morgan fingerprint density at radius 2 is 1.89 bits per heavy atom. The van der Waals surface area contributed by atoms with Crippen LogP contribution in [0.15, 0.2) is 27.1 Å². The Kier molecular flexibility index (Phi) is 2.98. The highest BCUT2D eigenvalue weighted by Crippen LogP contribution is 2.22. The van der Waals surface area contributed by atoms with Gasteiger partial charge < -0.3 is 0 Å². The van der Waals surface area contributed by atoms with Gasteiger partial charge in [-0.2, -0.15) is 0 Å². The molecule has 0 aliphatic carbocycles. The predicted molar refractivity (Wildman–Crippen MR) is 54.6 cm³/mol. The van der Waals surface area contributed by atoms with E-state index in [-0.39, 0.29) is 0 Å². The third-order valence-corrected chi connectivity index (χ3v) is 3.71. The third-order valence-electron chi connectivity index (χ3n) is 0.882. The molecule has 0 bridgehead atoms. The molecular formula is C6H3Br2I. The van der Waals surface area contributed by atoms with Gasteiger partial charge in [0.2, 0.25) is 0 Å². The van der Waals surface area contributed by atoms with Crippen molar-refractivity contribution in [3.05, 3.63) is 30.7 Å². The van der Waals surface area contributed by atoms with Crippen molar-refractivity contribution < 1.29 is 0 Å². The van der Waals surface area contributed by atoms with Crippen LogP contribution >= 0.6 is 54.5 Å². The summed E-state index contributed by atoms with van der Waals surface area (Å²) in [4.78, 5) is 0. The zero-order valence-electron chi connectivity index (χ0n) is 4.37. The molecule has 1 aromatic carbocycles. The maximum absolute atomic E-state index is 3.41. The number of halogens is 3. The minimum absolute atomic E-state index is 1.11. The van der Waals surface area contributed by atoms with Gasteiger partial charge in [-0.25, -0.2) is 0 Å². The quantitative estimate of drug-likeness (QED) is 0.487. The lowest BCUT2D eigenvalue weighted by atomic mass is 10.4. The largest absolute Gasteiger partial charge is 0.0508 e. The predicted octanol–water partition coefficient (Wildman–Crippen LogP) is 3.82. The Morgan fingerprint density at radius 3 is 2.33 bits per heavy atom. The summed E-state index contributed by atoms with van der Waals surface area (Å²) in [6.07, 6.45) is 0. The van der Waals surface area contributed by atoms with E-state index in [4.69, 9.17) is 0 Å². The molecule has 0 atom stereocenters. The lowest BCUT2D eigenvalue weighted by molar-refractivity contribution is 1.55. The van der Waals surface area contributed by atoms with Gasteiger partial charge in [-0.05, 0) is 56.7 Å². The SMILES string of the molecule is Brc1ccc(I)c(Br)c1. The summed E-state index contributed by atoms with van der Waals surface area (Å²) in [5, 5.41) is 0. The Labute approximate surface area is 84.4 Å². The van der Waals surface area contributed by atoms with Gasteiger partial charge in [0.15, 0.2) is 0 Å². The number of hydrogen-bond acceptors (Lipinski definition) is 0. The normalized spacial score (nSPS) is 9.67. The second kappa shape index (κ2) is 3.34. The molecule has 0 saturated carbocycles. The molecular weight excluding hydrogens is 359 g/mol. The summed E-state index contributed by atoms with van der Waals surface area (Å²) < 4.78 is 3.48. The van der Waals surface area contributed by atoms with Crippen LogP contribution in [0.4, 0.5) is 0 Å². The average molecular weight is 362 g/mol. The Bertz CT molecular complexity index is 222. The molecule has 1 rings (SSSR count). The van der Waals surface area contributed by atoms with E-state index < -0.39 is 0 Å². The molecule has 3 heteroatoms. The van der Waals surface area contributed by atoms with Crippen molar-refractivity contribution in [2.45, 2.75) is 0 Å². The fourth-order valence-corrected chi connectivity index (χ4v) is 1.85. The van der Waals surface area contributed by atoms with Gasteiger partial charge in [0.25, 0.3) is 0 Å². The molecule has 0 fully saturated rings. The van der Waals surface area contributed by atoms with Crippen LogP contribution < -0.4 is 0 Å². The fraction of sp³-hybridized carbons (Fsp3) is 0. The van der Waals surface area contributed by atoms with Crippen LogP contribution in [0.3, 0.4) is 0 Å². The standard InChI is InChI=1S/C6H3Br2I/c7-4-1-2-6(9)5(8)3-4/h1-3H. The zero-order valence-corrected chi connectivity index (χ0v) is 9.70. The second-order valence-corrected chi connectivity index (χ2v) is 4.49. The van der Waals surface area contributed by atoms with Gasteiger partial charge in [0.05, 0.1) is 0 Å². The van der Waals surface area contributed by atoms with E-state index in [1.54, 1.807) is 0 Å². The van der Waals surface area contributed by atoms with E-state index >= 15 is 0 Å². The summed E-state index contributed by atoms with van der Waals surface area (Å²) >= 11 is 9.04. The van der Waals surface area contributed by atoms with Crippen LogP contribution in [-0.4, -0.2) is 0 Å². The van der Waals surface area contributed by atoms with E-state index in [0.717, 1.165) is 8.95 Å². The molecule has 0 heterocycles. The van der Waals surface area contributed by atoms with Crippen molar-refractivity contribution in [2.24, 2.45) is 0 Å². The Balaban J connectivity index is 3.17. The van der Waals surface area contributed by atoms with E-state index in [2.05, 4.69) is 60.5 Å². The molecule has 48 valence electrons. The smallest absolute Gasteiger partial charge is 0.0320 e. The van der Waals surface area contributed by atoms with Crippen LogP contribution in [0, 0.1) is 3.57 Å². The van der Waals surface area contributed by atoms with Crippen LogP contribution in [0.1, 0.15) is 0 Å². The molecule has 0 saturated heterocycles. The van der Waals surface area contributed by atoms with Gasteiger partial charge in [-0.1, -0.05) is 15.9 Å². The van der Waals surface area contributed by atoms with Crippen molar-refractivity contribution in [1.29, 1.82) is 0 Å². The molecule has 0 unspecified atom stereocenters. The van der Waals surface area contributed by atoms with E-state index in [1.165, 1.54) is 3.57 Å². The highest BCUT2D eigenvalue weighted by molar-refractivity contribution is 14.1. The van der Waals surface area contributed by atoms with Crippen LogP contribution in [0.2, 0.25) is 0 Å². The van der Waals surface area contributed by atoms with Gasteiger partial charge >= 0.3 is 0 Å². The maximum Gasteiger partial charge on any atom is 0.0320 e. The number of hydrogen-bond donors (Lipinski definition) is 0. The van der Waals surface area contributed by atoms with E-state index in [1.807, 2.05) is 12.1 Å². The van der Waals surface area contributed by atoms with Gasteiger partial charge in [-0.3, -0.25) is 0 Å². The summed E-state index contributed by atoms with van der Waals surface area (Å²) in [7, 11) is 0. The first kappa shape index (κ1) is 8.01. The van der Waals surface area contributed by atoms with Crippen molar-refractivity contribution >= 4 is 54.5 Å². The van der Waals surface area contributed by atoms with Crippen LogP contribution in [0.5, 0.6) is 0 Å². The second-order valence-electron chi connectivity index (χ2n) is 1.56. The molecule has 0 aliphatic heterocycles. The Hall–Kier alpha value is 0.910. The molecule has 0 spiro atoms. The van der Waals surface area contributed by atoms with Crippen molar-refractivity contribution in [2.75, 3.05) is 0 Å². The highest BCUT2D eigenvalue weighted by atomic mass is 127.